The second kappa shape index (κ2) is 10.1. The summed E-state index contributed by atoms with van der Waals surface area (Å²) in [7, 11) is 3.51. The van der Waals surface area contributed by atoms with E-state index in [2.05, 4.69) is 36.1 Å². The van der Waals surface area contributed by atoms with Gasteiger partial charge in [-0.15, -0.1) is 24.0 Å². The van der Waals surface area contributed by atoms with Crippen molar-refractivity contribution in [2.45, 2.75) is 6.54 Å². The number of methoxy groups -OCH3 is 1. The molecule has 2 heterocycles. The number of benzene rings is 1. The molecule has 1 saturated heterocycles. The maximum Gasteiger partial charge on any atom is 0.225 e. The van der Waals surface area contributed by atoms with Crippen LogP contribution in [0.25, 0.3) is 0 Å². The Bertz CT molecular complexity index is 704. The maximum atomic E-state index is 5.41. The molecule has 1 aliphatic heterocycles. The Hall–Kier alpha value is -2.10. The van der Waals surface area contributed by atoms with Crippen molar-refractivity contribution in [3.8, 4) is 5.75 Å². The van der Waals surface area contributed by atoms with Gasteiger partial charge in [-0.25, -0.2) is 9.97 Å². The molecule has 26 heavy (non-hydrogen) atoms. The number of hydrogen-bond acceptors (Lipinski definition) is 5. The van der Waals surface area contributed by atoms with E-state index in [1.165, 1.54) is 0 Å². The van der Waals surface area contributed by atoms with Gasteiger partial charge in [0.15, 0.2) is 5.96 Å². The van der Waals surface area contributed by atoms with Crippen LogP contribution in [0.3, 0.4) is 0 Å². The van der Waals surface area contributed by atoms with Crippen LogP contribution in [-0.2, 0) is 6.54 Å². The van der Waals surface area contributed by atoms with Crippen LogP contribution in [0.5, 0.6) is 5.75 Å². The third-order valence-electron chi connectivity index (χ3n) is 4.26. The molecule has 0 aliphatic carbocycles. The van der Waals surface area contributed by atoms with Gasteiger partial charge in [0.05, 0.1) is 7.11 Å². The molecule has 0 bridgehead atoms. The van der Waals surface area contributed by atoms with Gasteiger partial charge in [-0.05, 0) is 12.1 Å². The molecular weight excluding hydrogens is 443 g/mol. The van der Waals surface area contributed by atoms with Crippen LogP contribution in [-0.4, -0.2) is 61.2 Å². The number of aliphatic imine (C=N–C) groups is 1. The van der Waals surface area contributed by atoms with E-state index in [9.17, 15) is 0 Å². The molecule has 0 unspecified atom stereocenters. The number of piperazine rings is 1. The van der Waals surface area contributed by atoms with Crippen LogP contribution in [0.2, 0.25) is 0 Å². The molecule has 2 aromatic rings. The number of hydrogen-bond donors (Lipinski definition) is 1. The highest BCUT2D eigenvalue weighted by Gasteiger charge is 2.21. The fourth-order valence-electron chi connectivity index (χ4n) is 2.93. The summed E-state index contributed by atoms with van der Waals surface area (Å²) in [5.74, 6) is 2.58. The summed E-state index contributed by atoms with van der Waals surface area (Å²) in [6, 6.07) is 9.86. The molecule has 140 valence electrons. The lowest BCUT2D eigenvalue weighted by Gasteiger charge is -2.36. The van der Waals surface area contributed by atoms with Crippen molar-refractivity contribution in [3.63, 3.8) is 0 Å². The molecule has 7 nitrogen and oxygen atoms in total. The first-order valence-corrected chi connectivity index (χ1v) is 8.41. The van der Waals surface area contributed by atoms with Crippen LogP contribution in [0, 0.1) is 0 Å². The molecule has 1 aromatic heterocycles. The van der Waals surface area contributed by atoms with Crippen molar-refractivity contribution in [3.05, 3.63) is 48.3 Å². The zero-order valence-corrected chi connectivity index (χ0v) is 17.5. The Morgan fingerprint density at radius 1 is 1.12 bits per heavy atom. The Labute approximate surface area is 171 Å². The average molecular weight is 468 g/mol. The predicted molar refractivity (Wildman–Crippen MR) is 114 cm³/mol. The van der Waals surface area contributed by atoms with E-state index >= 15 is 0 Å². The number of nitrogens with one attached hydrogen (secondary N) is 1. The standard InChI is InChI=1S/C18H24N6O.HI/c1-19-17(22-14-15-6-3-4-7-16(15)25-2)23-10-12-24(13-11-23)18-20-8-5-9-21-18;/h3-9H,10-14H2,1-2H3,(H,19,22);1H. The third kappa shape index (κ3) is 4.96. The molecule has 0 saturated carbocycles. The van der Waals surface area contributed by atoms with Crippen LogP contribution in [0.15, 0.2) is 47.7 Å². The highest BCUT2D eigenvalue weighted by Crippen LogP contribution is 2.17. The Morgan fingerprint density at radius 2 is 1.81 bits per heavy atom. The van der Waals surface area contributed by atoms with E-state index in [1.807, 2.05) is 31.3 Å². The molecule has 8 heteroatoms. The monoisotopic (exact) mass is 468 g/mol. The highest BCUT2D eigenvalue weighted by atomic mass is 127. The van der Waals surface area contributed by atoms with Crippen molar-refractivity contribution in [2.24, 2.45) is 4.99 Å². The van der Waals surface area contributed by atoms with Crippen molar-refractivity contribution in [1.82, 2.24) is 20.2 Å². The second-order valence-corrected chi connectivity index (χ2v) is 5.74. The predicted octanol–water partition coefficient (Wildman–Crippen LogP) is 2.00. The first kappa shape index (κ1) is 20.2. The normalized spacial score (nSPS) is 14.6. The van der Waals surface area contributed by atoms with Gasteiger partial charge in [0, 0.05) is 57.7 Å². The summed E-state index contributed by atoms with van der Waals surface area (Å²) in [4.78, 5) is 17.5. The lowest BCUT2D eigenvalue weighted by molar-refractivity contribution is 0.369. The first-order valence-electron chi connectivity index (χ1n) is 8.41. The maximum absolute atomic E-state index is 5.41. The van der Waals surface area contributed by atoms with Gasteiger partial charge in [-0.1, -0.05) is 18.2 Å². The van der Waals surface area contributed by atoms with E-state index in [0.717, 1.165) is 49.4 Å². The quantitative estimate of drug-likeness (QED) is 0.421. The van der Waals surface area contributed by atoms with Crippen LogP contribution in [0.1, 0.15) is 5.56 Å². The van der Waals surface area contributed by atoms with Crippen molar-refractivity contribution in [2.75, 3.05) is 45.2 Å². The van der Waals surface area contributed by atoms with Crippen LogP contribution in [0.4, 0.5) is 5.95 Å². The minimum atomic E-state index is 0. The molecular formula is C18H25IN6O. The van der Waals surface area contributed by atoms with Crippen molar-refractivity contribution >= 4 is 35.9 Å². The summed E-state index contributed by atoms with van der Waals surface area (Å²) in [6.07, 6.45) is 3.56. The van der Waals surface area contributed by atoms with Gasteiger partial charge >= 0.3 is 0 Å². The zero-order chi connectivity index (χ0) is 17.5. The van der Waals surface area contributed by atoms with Gasteiger partial charge in [0.1, 0.15) is 5.75 Å². The van der Waals surface area contributed by atoms with Crippen LogP contribution < -0.4 is 15.0 Å². The summed E-state index contributed by atoms with van der Waals surface area (Å²) >= 11 is 0. The first-order chi connectivity index (χ1) is 12.3. The molecule has 1 aliphatic rings. The third-order valence-corrected chi connectivity index (χ3v) is 4.26. The minimum absolute atomic E-state index is 0. The summed E-state index contributed by atoms with van der Waals surface area (Å²) in [5.41, 5.74) is 1.11. The number of halogens is 1. The fourth-order valence-corrected chi connectivity index (χ4v) is 2.93. The van der Waals surface area contributed by atoms with Crippen LogP contribution >= 0.6 is 24.0 Å². The van der Waals surface area contributed by atoms with Gasteiger partial charge in [0.2, 0.25) is 5.95 Å². The second-order valence-electron chi connectivity index (χ2n) is 5.74. The number of guanidine groups is 1. The SMILES string of the molecule is CN=C(NCc1ccccc1OC)N1CCN(c2ncccn2)CC1.I. The van der Waals surface area contributed by atoms with E-state index in [1.54, 1.807) is 19.5 Å². The number of anilines is 1. The lowest BCUT2D eigenvalue weighted by Crippen LogP contribution is -2.52. The smallest absolute Gasteiger partial charge is 0.225 e. The van der Waals surface area contributed by atoms with Crippen molar-refractivity contribution in [1.29, 1.82) is 0 Å². The largest absolute Gasteiger partial charge is 0.496 e. The summed E-state index contributed by atoms with van der Waals surface area (Å²) < 4.78 is 5.41. The Morgan fingerprint density at radius 3 is 2.46 bits per heavy atom. The molecule has 3 rings (SSSR count). The summed E-state index contributed by atoms with van der Waals surface area (Å²) in [6.45, 7) is 4.19. The Kier molecular flexibility index (Phi) is 7.89. The number of ether oxygens (including phenoxy) is 1. The van der Waals surface area contributed by atoms with Gasteiger partial charge in [-0.3, -0.25) is 4.99 Å². The zero-order valence-electron chi connectivity index (χ0n) is 15.1. The number of para-hydroxylation sites is 1. The molecule has 0 atom stereocenters. The van der Waals surface area contributed by atoms with E-state index < -0.39 is 0 Å². The molecule has 1 fully saturated rings. The number of nitrogens with zero attached hydrogens (tertiary/aromatic N) is 5. The Balaban J connectivity index is 0.00000243. The van der Waals surface area contributed by atoms with E-state index in [-0.39, 0.29) is 24.0 Å². The average Bonchev–Trinajstić information content (AvgIpc) is 2.70. The highest BCUT2D eigenvalue weighted by molar-refractivity contribution is 14.0. The van der Waals surface area contributed by atoms with E-state index in [4.69, 9.17) is 4.74 Å². The van der Waals surface area contributed by atoms with Gasteiger partial charge in [0.25, 0.3) is 0 Å². The van der Waals surface area contributed by atoms with E-state index in [0.29, 0.717) is 6.54 Å². The van der Waals surface area contributed by atoms with Crippen molar-refractivity contribution < 1.29 is 4.74 Å². The van der Waals surface area contributed by atoms with Gasteiger partial charge < -0.3 is 19.9 Å². The minimum Gasteiger partial charge on any atom is -0.496 e. The van der Waals surface area contributed by atoms with Gasteiger partial charge in [-0.2, -0.15) is 0 Å². The number of rotatable bonds is 4. The molecule has 1 aromatic carbocycles. The number of aromatic nitrogens is 2. The fraction of sp³-hybridized carbons (Fsp3) is 0.389. The molecule has 0 amide bonds. The lowest BCUT2D eigenvalue weighted by atomic mass is 10.2. The summed E-state index contributed by atoms with van der Waals surface area (Å²) in [5, 5.41) is 3.43. The topological polar surface area (TPSA) is 65.9 Å². The molecule has 1 N–H and O–H groups in total. The molecule has 0 spiro atoms. The molecule has 0 radical (unpaired) electrons.